The van der Waals surface area contributed by atoms with Gasteiger partial charge in [0.2, 0.25) is 0 Å². The average molecular weight is 217 g/mol. The standard InChI is InChI=1S/C11H11N3O2/c1-7-5-8-6-9(3-4-10(15)16)14(2)11(8)13-12-7/h3-6H,1-2H3,(H,15,16)/b4-3+. The van der Waals surface area contributed by atoms with Gasteiger partial charge in [0.05, 0.1) is 5.69 Å². The fourth-order valence-electron chi connectivity index (χ4n) is 1.56. The number of aliphatic carboxylic acids is 1. The fraction of sp³-hybridized carbons (Fsp3) is 0.182. The van der Waals surface area contributed by atoms with Gasteiger partial charge in [0.1, 0.15) is 0 Å². The molecule has 5 heteroatoms. The molecule has 0 aliphatic rings. The summed E-state index contributed by atoms with van der Waals surface area (Å²) in [6, 6.07) is 3.80. The quantitative estimate of drug-likeness (QED) is 0.771. The predicted molar refractivity (Wildman–Crippen MR) is 59.9 cm³/mol. The van der Waals surface area contributed by atoms with Crippen molar-refractivity contribution in [1.82, 2.24) is 14.8 Å². The first-order valence-corrected chi connectivity index (χ1v) is 4.78. The number of carboxylic acids is 1. The Labute approximate surface area is 92.0 Å². The van der Waals surface area contributed by atoms with Gasteiger partial charge in [0, 0.05) is 24.2 Å². The molecule has 0 aliphatic heterocycles. The number of carboxylic acid groups (broad SMARTS) is 1. The summed E-state index contributed by atoms with van der Waals surface area (Å²) in [6.45, 7) is 1.87. The van der Waals surface area contributed by atoms with Crippen molar-refractivity contribution in [3.8, 4) is 0 Å². The van der Waals surface area contributed by atoms with Crippen molar-refractivity contribution in [2.75, 3.05) is 0 Å². The highest BCUT2D eigenvalue weighted by Crippen LogP contribution is 2.17. The first-order chi connectivity index (χ1) is 7.58. The number of nitrogens with zero attached hydrogens (tertiary/aromatic N) is 3. The molecule has 2 rings (SSSR count). The van der Waals surface area contributed by atoms with Crippen LogP contribution >= 0.6 is 0 Å². The molecule has 0 radical (unpaired) electrons. The van der Waals surface area contributed by atoms with E-state index in [4.69, 9.17) is 5.11 Å². The van der Waals surface area contributed by atoms with Crippen LogP contribution < -0.4 is 0 Å². The summed E-state index contributed by atoms with van der Waals surface area (Å²) in [5.41, 5.74) is 2.37. The summed E-state index contributed by atoms with van der Waals surface area (Å²) in [6.07, 6.45) is 2.65. The molecule has 0 saturated heterocycles. The first-order valence-electron chi connectivity index (χ1n) is 4.78. The van der Waals surface area contributed by atoms with Gasteiger partial charge in [-0.05, 0) is 25.1 Å². The maximum atomic E-state index is 10.4. The average Bonchev–Trinajstić information content (AvgIpc) is 2.52. The molecule has 0 amide bonds. The summed E-state index contributed by atoms with van der Waals surface area (Å²) >= 11 is 0. The second-order valence-corrected chi connectivity index (χ2v) is 3.56. The molecule has 0 spiro atoms. The van der Waals surface area contributed by atoms with E-state index in [2.05, 4.69) is 10.2 Å². The molecule has 2 aromatic heterocycles. The zero-order chi connectivity index (χ0) is 11.7. The van der Waals surface area contributed by atoms with Crippen LogP contribution in [-0.2, 0) is 11.8 Å². The molecule has 0 unspecified atom stereocenters. The number of rotatable bonds is 2. The monoisotopic (exact) mass is 217 g/mol. The number of aromatic nitrogens is 3. The van der Waals surface area contributed by atoms with Crippen LogP contribution in [0.5, 0.6) is 0 Å². The van der Waals surface area contributed by atoms with Crippen LogP contribution in [0, 0.1) is 6.92 Å². The van der Waals surface area contributed by atoms with Gasteiger partial charge < -0.3 is 9.67 Å². The molecule has 0 bridgehead atoms. The zero-order valence-electron chi connectivity index (χ0n) is 9.01. The summed E-state index contributed by atoms with van der Waals surface area (Å²) in [5.74, 6) is -0.965. The second-order valence-electron chi connectivity index (χ2n) is 3.56. The molecule has 1 N–H and O–H groups in total. The third-order valence-corrected chi connectivity index (χ3v) is 2.33. The highest BCUT2D eigenvalue weighted by molar-refractivity contribution is 5.87. The van der Waals surface area contributed by atoms with Crippen LogP contribution in [-0.4, -0.2) is 25.8 Å². The number of hydrogen-bond acceptors (Lipinski definition) is 3. The van der Waals surface area contributed by atoms with E-state index in [1.54, 1.807) is 10.6 Å². The highest BCUT2D eigenvalue weighted by Gasteiger charge is 2.05. The van der Waals surface area contributed by atoms with E-state index in [1.165, 1.54) is 0 Å². The van der Waals surface area contributed by atoms with Gasteiger partial charge >= 0.3 is 5.97 Å². The Kier molecular flexibility index (Phi) is 2.44. The molecule has 0 aromatic carbocycles. The SMILES string of the molecule is Cc1cc2cc(/C=C/C(=O)O)n(C)c2nn1. The van der Waals surface area contributed by atoms with E-state index in [-0.39, 0.29) is 0 Å². The van der Waals surface area contributed by atoms with Gasteiger partial charge in [-0.3, -0.25) is 0 Å². The van der Waals surface area contributed by atoms with E-state index in [1.807, 2.05) is 26.1 Å². The van der Waals surface area contributed by atoms with Crippen LogP contribution in [0.1, 0.15) is 11.4 Å². The normalized spacial score (nSPS) is 11.4. The molecule has 0 saturated carbocycles. The Morgan fingerprint density at radius 2 is 2.19 bits per heavy atom. The number of carbonyl (C=O) groups is 1. The van der Waals surface area contributed by atoms with Crippen molar-refractivity contribution in [3.05, 3.63) is 29.6 Å². The molecular weight excluding hydrogens is 206 g/mol. The Morgan fingerprint density at radius 1 is 1.44 bits per heavy atom. The number of aryl methyl sites for hydroxylation is 2. The van der Waals surface area contributed by atoms with Crippen molar-refractivity contribution in [2.24, 2.45) is 7.05 Å². The van der Waals surface area contributed by atoms with Gasteiger partial charge in [0.15, 0.2) is 5.65 Å². The van der Waals surface area contributed by atoms with Gasteiger partial charge in [-0.1, -0.05) is 0 Å². The summed E-state index contributed by atoms with van der Waals surface area (Å²) in [7, 11) is 1.83. The van der Waals surface area contributed by atoms with Crippen molar-refractivity contribution in [1.29, 1.82) is 0 Å². The Balaban J connectivity index is 2.55. The van der Waals surface area contributed by atoms with Gasteiger partial charge in [-0.2, -0.15) is 5.10 Å². The molecule has 2 aromatic rings. The van der Waals surface area contributed by atoms with E-state index in [0.717, 1.165) is 28.5 Å². The molecule has 0 aliphatic carbocycles. The minimum absolute atomic E-state index is 0.746. The van der Waals surface area contributed by atoms with Crippen LogP contribution in [0.2, 0.25) is 0 Å². The number of fused-ring (bicyclic) bond motifs is 1. The Bertz CT molecular complexity index is 584. The largest absolute Gasteiger partial charge is 0.478 e. The van der Waals surface area contributed by atoms with Crippen molar-refractivity contribution < 1.29 is 9.90 Å². The molecule has 0 fully saturated rings. The summed E-state index contributed by atoms with van der Waals surface area (Å²) < 4.78 is 1.81. The van der Waals surface area contributed by atoms with E-state index >= 15 is 0 Å². The van der Waals surface area contributed by atoms with E-state index < -0.39 is 5.97 Å². The Morgan fingerprint density at radius 3 is 2.88 bits per heavy atom. The van der Waals surface area contributed by atoms with Gasteiger partial charge in [0.25, 0.3) is 0 Å². The molecule has 2 heterocycles. The molecule has 16 heavy (non-hydrogen) atoms. The van der Waals surface area contributed by atoms with Crippen molar-refractivity contribution >= 4 is 23.1 Å². The summed E-state index contributed by atoms with van der Waals surface area (Å²) in [5, 5.41) is 17.5. The predicted octanol–water partition coefficient (Wildman–Crippen LogP) is 1.37. The maximum Gasteiger partial charge on any atom is 0.328 e. The Hall–Kier alpha value is -2.17. The number of hydrogen-bond donors (Lipinski definition) is 1. The highest BCUT2D eigenvalue weighted by atomic mass is 16.4. The van der Waals surface area contributed by atoms with Crippen LogP contribution in [0.25, 0.3) is 17.1 Å². The minimum Gasteiger partial charge on any atom is -0.478 e. The fourth-order valence-corrected chi connectivity index (χ4v) is 1.56. The van der Waals surface area contributed by atoms with Crippen LogP contribution in [0.3, 0.4) is 0 Å². The lowest BCUT2D eigenvalue weighted by Gasteiger charge is -1.97. The van der Waals surface area contributed by atoms with Crippen LogP contribution in [0.4, 0.5) is 0 Å². The second kappa shape index (κ2) is 3.77. The molecule has 0 atom stereocenters. The van der Waals surface area contributed by atoms with E-state index in [0.29, 0.717) is 0 Å². The first kappa shape index (κ1) is 10.4. The van der Waals surface area contributed by atoms with Gasteiger partial charge in [-0.25, -0.2) is 4.79 Å². The van der Waals surface area contributed by atoms with Crippen molar-refractivity contribution in [3.63, 3.8) is 0 Å². The smallest absolute Gasteiger partial charge is 0.328 e. The summed E-state index contributed by atoms with van der Waals surface area (Å²) in [4.78, 5) is 10.4. The molecule has 82 valence electrons. The minimum atomic E-state index is -0.965. The third-order valence-electron chi connectivity index (χ3n) is 2.33. The lowest BCUT2D eigenvalue weighted by atomic mass is 10.3. The topological polar surface area (TPSA) is 68.0 Å². The third kappa shape index (κ3) is 1.79. The molecule has 5 nitrogen and oxygen atoms in total. The lowest BCUT2D eigenvalue weighted by molar-refractivity contribution is -0.131. The van der Waals surface area contributed by atoms with E-state index in [9.17, 15) is 4.79 Å². The molecular formula is C11H11N3O2. The maximum absolute atomic E-state index is 10.4. The lowest BCUT2D eigenvalue weighted by Crippen LogP contribution is -1.95. The van der Waals surface area contributed by atoms with Gasteiger partial charge in [-0.15, -0.1) is 5.10 Å². The van der Waals surface area contributed by atoms with Crippen LogP contribution in [0.15, 0.2) is 18.2 Å². The zero-order valence-corrected chi connectivity index (χ0v) is 9.01. The van der Waals surface area contributed by atoms with Crippen molar-refractivity contribution in [2.45, 2.75) is 6.92 Å².